The van der Waals surface area contributed by atoms with Crippen LogP contribution in [0, 0.1) is 17.1 Å². The van der Waals surface area contributed by atoms with Crippen LogP contribution in [0.4, 0.5) is 42.2 Å². The fourth-order valence-electron chi connectivity index (χ4n) is 5.19. The number of rotatable bonds is 9. The Morgan fingerprint density at radius 2 is 1.70 bits per heavy atom. The first kappa shape index (κ1) is 32.6. The van der Waals surface area contributed by atoms with Crippen molar-refractivity contribution in [2.24, 2.45) is 0 Å². The average molecular weight is 673 g/mol. The van der Waals surface area contributed by atoms with Gasteiger partial charge in [0.25, 0.3) is 10.0 Å². The molecule has 0 unspecified atom stereocenters. The molecule has 4 aromatic rings. The van der Waals surface area contributed by atoms with Gasteiger partial charge >= 0.3 is 12.4 Å². The van der Waals surface area contributed by atoms with Gasteiger partial charge in [-0.1, -0.05) is 18.9 Å². The predicted molar refractivity (Wildman–Crippen MR) is 150 cm³/mol. The molecule has 1 saturated carbocycles. The molecule has 18 heteroatoms. The zero-order valence-electron chi connectivity index (χ0n) is 23.4. The largest absolute Gasteiger partial charge is 0.483 e. The summed E-state index contributed by atoms with van der Waals surface area (Å²) in [5.74, 6) is -3.07. The molecule has 10 nitrogen and oxygen atoms in total. The second-order valence-electron chi connectivity index (χ2n) is 10.3. The van der Waals surface area contributed by atoms with Gasteiger partial charge in [-0.2, -0.15) is 31.6 Å². The summed E-state index contributed by atoms with van der Waals surface area (Å²) in [6, 6.07) is 6.12. The van der Waals surface area contributed by atoms with Crippen LogP contribution >= 0.6 is 0 Å². The molecule has 0 saturated heterocycles. The third-order valence-corrected chi connectivity index (χ3v) is 8.53. The number of hydrogen-bond donors (Lipinski definition) is 2. The number of nitrogens with zero attached hydrogens (tertiary/aromatic N) is 4. The van der Waals surface area contributed by atoms with E-state index in [1.165, 1.54) is 18.5 Å². The van der Waals surface area contributed by atoms with Crippen LogP contribution in [0.5, 0.6) is 11.5 Å². The lowest BCUT2D eigenvalue weighted by molar-refractivity contribution is -0.154. The summed E-state index contributed by atoms with van der Waals surface area (Å²) in [4.78, 5) is 7.31. The lowest BCUT2D eigenvalue weighted by Gasteiger charge is -2.18. The first-order chi connectivity index (χ1) is 21.6. The highest BCUT2D eigenvalue weighted by molar-refractivity contribution is 7.92. The van der Waals surface area contributed by atoms with E-state index in [0.29, 0.717) is 28.7 Å². The summed E-state index contributed by atoms with van der Waals surface area (Å²) in [5.41, 5.74) is 5.77. The van der Waals surface area contributed by atoms with Crippen molar-refractivity contribution in [3.63, 3.8) is 0 Å². The van der Waals surface area contributed by atoms with Crippen LogP contribution in [-0.2, 0) is 10.0 Å². The Kier molecular flexibility index (Phi) is 8.64. The van der Waals surface area contributed by atoms with Crippen molar-refractivity contribution in [2.45, 2.75) is 49.0 Å². The fourth-order valence-corrected chi connectivity index (χ4v) is 6.41. The minimum atomic E-state index is -5.03. The standard InChI is InChI=1S/C28H23F7N6O4S/c29-19-9-15(18-11-41(16-3-1-2-4-16)26-23(18)25(37)38-14-39-26)5-6-20(19)40-46(42,43)22-8-7-21(44-12-27(30,31)32)17(10-36)24(22)45-13-28(33,34)35/h5-9,11,14,16,40H,1-4,12-13H2,(H2,37,38,39). The number of sulfonamides is 1. The first-order valence-electron chi connectivity index (χ1n) is 13.5. The molecular weight excluding hydrogens is 649 g/mol. The van der Waals surface area contributed by atoms with E-state index in [-0.39, 0.29) is 17.4 Å². The molecule has 0 bridgehead atoms. The number of nitrogens with one attached hydrogen (secondary N) is 1. The maximum atomic E-state index is 15.5. The summed E-state index contributed by atoms with van der Waals surface area (Å²) in [7, 11) is -5.01. The molecule has 1 aliphatic carbocycles. The van der Waals surface area contributed by atoms with E-state index in [0.717, 1.165) is 37.8 Å². The quantitative estimate of drug-likeness (QED) is 0.192. The highest BCUT2D eigenvalue weighted by Crippen LogP contribution is 2.40. The molecule has 0 atom stereocenters. The number of benzene rings is 2. The Bertz CT molecular complexity index is 1930. The third kappa shape index (κ3) is 6.88. The zero-order valence-corrected chi connectivity index (χ0v) is 24.2. The van der Waals surface area contributed by atoms with E-state index >= 15 is 4.39 Å². The van der Waals surface area contributed by atoms with Crippen molar-refractivity contribution >= 4 is 32.6 Å². The van der Waals surface area contributed by atoms with Gasteiger partial charge in [-0.05, 0) is 42.7 Å². The number of nitrogens with two attached hydrogens (primary N) is 1. The van der Waals surface area contributed by atoms with Crippen molar-refractivity contribution in [3.8, 4) is 28.7 Å². The topological polar surface area (TPSA) is 145 Å². The monoisotopic (exact) mass is 672 g/mol. The van der Waals surface area contributed by atoms with Crippen LogP contribution in [0.15, 0.2) is 47.8 Å². The predicted octanol–water partition coefficient (Wildman–Crippen LogP) is 6.49. The summed E-state index contributed by atoms with van der Waals surface area (Å²) in [6.45, 7) is -4.03. The SMILES string of the molecule is N#Cc1c(OCC(F)(F)F)ccc(S(=O)(=O)Nc2ccc(-c3cn(C4CCCC4)c4ncnc(N)c34)cc2F)c1OCC(F)(F)F. The van der Waals surface area contributed by atoms with Crippen LogP contribution < -0.4 is 19.9 Å². The van der Waals surface area contributed by atoms with Crippen LogP contribution in [0.1, 0.15) is 37.3 Å². The highest BCUT2D eigenvalue weighted by atomic mass is 32.2. The molecule has 0 radical (unpaired) electrons. The Labute approximate surface area is 256 Å². The van der Waals surface area contributed by atoms with E-state index in [1.54, 1.807) is 6.20 Å². The van der Waals surface area contributed by atoms with Crippen molar-refractivity contribution in [1.29, 1.82) is 5.26 Å². The van der Waals surface area contributed by atoms with Crippen LogP contribution in [-0.4, -0.2) is 48.5 Å². The Balaban J connectivity index is 1.51. The molecule has 244 valence electrons. The van der Waals surface area contributed by atoms with E-state index in [2.05, 4.69) is 19.4 Å². The van der Waals surface area contributed by atoms with E-state index in [4.69, 9.17) is 5.73 Å². The van der Waals surface area contributed by atoms with Gasteiger partial charge in [-0.15, -0.1) is 0 Å². The molecule has 0 amide bonds. The lowest BCUT2D eigenvalue weighted by Crippen LogP contribution is -2.23. The number of halogens is 7. The van der Waals surface area contributed by atoms with Crippen LogP contribution in [0.2, 0.25) is 0 Å². The molecule has 3 N–H and O–H groups in total. The maximum Gasteiger partial charge on any atom is 0.422 e. The third-order valence-electron chi connectivity index (χ3n) is 7.14. The number of hydrogen-bond acceptors (Lipinski definition) is 8. The second-order valence-corrected chi connectivity index (χ2v) is 12.0. The maximum absolute atomic E-state index is 15.5. The molecule has 2 heterocycles. The van der Waals surface area contributed by atoms with Crippen molar-refractivity contribution in [2.75, 3.05) is 23.7 Å². The van der Waals surface area contributed by atoms with Gasteiger partial charge in [-0.3, -0.25) is 4.72 Å². The van der Waals surface area contributed by atoms with Crippen LogP contribution in [0.25, 0.3) is 22.2 Å². The van der Waals surface area contributed by atoms with Crippen molar-refractivity contribution in [1.82, 2.24) is 14.5 Å². The minimum Gasteiger partial charge on any atom is -0.483 e. The Morgan fingerprint density at radius 1 is 1.02 bits per heavy atom. The smallest absolute Gasteiger partial charge is 0.422 e. The molecule has 5 rings (SSSR count). The number of fused-ring (bicyclic) bond motifs is 1. The summed E-state index contributed by atoms with van der Waals surface area (Å²) in [5, 5.41) is 9.98. The fraction of sp³-hybridized carbons (Fsp3) is 0.321. The van der Waals surface area contributed by atoms with Gasteiger partial charge in [0.15, 0.2) is 19.0 Å². The zero-order chi connectivity index (χ0) is 33.4. The minimum absolute atomic E-state index is 0.138. The molecular formula is C28H23F7N6O4S. The van der Waals surface area contributed by atoms with E-state index in [1.807, 2.05) is 9.29 Å². The van der Waals surface area contributed by atoms with Gasteiger partial charge in [-0.25, -0.2) is 22.8 Å². The molecule has 1 fully saturated rings. The average Bonchev–Trinajstić information content (AvgIpc) is 3.64. The van der Waals surface area contributed by atoms with Crippen molar-refractivity contribution in [3.05, 3.63) is 54.2 Å². The normalized spacial score (nSPS) is 14.4. The number of nitriles is 1. The molecule has 46 heavy (non-hydrogen) atoms. The highest BCUT2D eigenvalue weighted by Gasteiger charge is 2.34. The lowest BCUT2D eigenvalue weighted by atomic mass is 10.1. The van der Waals surface area contributed by atoms with E-state index < -0.39 is 69.1 Å². The molecule has 2 aromatic heterocycles. The summed E-state index contributed by atoms with van der Waals surface area (Å²) >= 11 is 0. The van der Waals surface area contributed by atoms with Crippen LogP contribution in [0.3, 0.4) is 0 Å². The Hall–Kier alpha value is -4.79. The second kappa shape index (κ2) is 12.2. The van der Waals surface area contributed by atoms with Gasteiger partial charge in [0.1, 0.15) is 45.9 Å². The Morgan fingerprint density at radius 3 is 2.33 bits per heavy atom. The number of ether oxygens (including phenoxy) is 2. The molecule has 1 aliphatic rings. The molecule has 2 aromatic carbocycles. The van der Waals surface area contributed by atoms with E-state index in [9.17, 15) is 40.0 Å². The first-order valence-corrected chi connectivity index (χ1v) is 15.0. The van der Waals surface area contributed by atoms with Crippen molar-refractivity contribution < 1.29 is 48.6 Å². The van der Waals surface area contributed by atoms with Gasteiger partial charge in [0.2, 0.25) is 0 Å². The summed E-state index contributed by atoms with van der Waals surface area (Å²) < 4.78 is 132. The number of aromatic nitrogens is 3. The molecule has 0 spiro atoms. The number of alkyl halides is 6. The van der Waals surface area contributed by atoms with Gasteiger partial charge in [0.05, 0.1) is 11.1 Å². The molecule has 0 aliphatic heterocycles. The number of anilines is 2. The van der Waals surface area contributed by atoms with Gasteiger partial charge < -0.3 is 19.8 Å². The summed E-state index contributed by atoms with van der Waals surface area (Å²) in [6.07, 6.45) is -3.00. The van der Waals surface area contributed by atoms with Gasteiger partial charge in [0, 0.05) is 17.8 Å². The number of nitrogen functional groups attached to an aromatic ring is 1.